The second-order valence-corrected chi connectivity index (χ2v) is 17.4. The first kappa shape index (κ1) is 54.8. The Kier molecular flexibility index (Phi) is 42.4. The first-order valence-corrected chi connectivity index (χ1v) is 25.2. The Morgan fingerprint density at radius 1 is 0.518 bits per heavy atom. The van der Waals surface area contributed by atoms with Crippen molar-refractivity contribution in [2.45, 2.75) is 245 Å². The maximum atomic E-state index is 12.6. The van der Waals surface area contributed by atoms with E-state index in [4.69, 9.17) is 24.3 Å². The van der Waals surface area contributed by atoms with Gasteiger partial charge in [0.1, 0.15) is 6.61 Å². The average molecular weight is 816 g/mol. The van der Waals surface area contributed by atoms with Crippen LogP contribution in [-0.2, 0) is 32.7 Å². The van der Waals surface area contributed by atoms with E-state index in [2.05, 4.69) is 26.0 Å². The van der Waals surface area contributed by atoms with Crippen LogP contribution in [0.5, 0.6) is 0 Å². The molecule has 10 heteroatoms. The highest BCUT2D eigenvalue weighted by atomic mass is 31.2. The van der Waals surface area contributed by atoms with Gasteiger partial charge in [0.15, 0.2) is 6.10 Å². The van der Waals surface area contributed by atoms with Crippen LogP contribution in [-0.4, -0.2) is 49.3 Å². The number of hydrogen-bond donors (Lipinski definition) is 2. The summed E-state index contributed by atoms with van der Waals surface area (Å²) in [5.74, 6) is -0.817. The van der Waals surface area contributed by atoms with Crippen molar-refractivity contribution in [2.75, 3.05) is 26.4 Å². The number of ether oxygens (including phenoxy) is 2. The van der Waals surface area contributed by atoms with Gasteiger partial charge in [0.2, 0.25) is 0 Å². The number of rotatable bonds is 45. The molecule has 0 spiro atoms. The van der Waals surface area contributed by atoms with Crippen LogP contribution in [0, 0.1) is 0 Å². The molecular formula is C46H90NO8P. The number of allylic oxidation sites excluding steroid dienone is 2. The third kappa shape index (κ3) is 42.4. The van der Waals surface area contributed by atoms with Gasteiger partial charge in [-0.15, -0.1) is 0 Å². The molecule has 0 saturated heterocycles. The van der Waals surface area contributed by atoms with E-state index in [1.54, 1.807) is 0 Å². The second-order valence-electron chi connectivity index (χ2n) is 16.0. The number of phosphoric ester groups is 1. The molecule has 0 radical (unpaired) electrons. The molecule has 0 aromatic carbocycles. The summed E-state index contributed by atoms with van der Waals surface area (Å²) in [4.78, 5) is 34.9. The summed E-state index contributed by atoms with van der Waals surface area (Å²) in [6.45, 7) is 3.77. The van der Waals surface area contributed by atoms with Crippen LogP contribution in [0.2, 0.25) is 0 Å². The zero-order valence-corrected chi connectivity index (χ0v) is 37.5. The van der Waals surface area contributed by atoms with Crippen molar-refractivity contribution in [1.29, 1.82) is 0 Å². The van der Waals surface area contributed by atoms with Crippen LogP contribution in [0.25, 0.3) is 0 Å². The van der Waals surface area contributed by atoms with Crippen molar-refractivity contribution in [3.05, 3.63) is 12.2 Å². The van der Waals surface area contributed by atoms with Crippen molar-refractivity contribution in [2.24, 2.45) is 5.73 Å². The summed E-state index contributed by atoms with van der Waals surface area (Å²) in [5, 5.41) is 0. The Morgan fingerprint density at radius 3 is 1.27 bits per heavy atom. The van der Waals surface area contributed by atoms with Gasteiger partial charge in [-0.1, -0.05) is 199 Å². The van der Waals surface area contributed by atoms with Crippen LogP contribution in [0.4, 0.5) is 0 Å². The standard InChI is InChI=1S/C46H90NO8P/c1-3-5-7-9-11-13-15-17-19-21-22-23-25-27-29-31-33-35-37-39-46(49)55-44(43-54-56(50,51)53-41-40-47)42-52-45(48)38-36-34-32-30-28-26-24-20-18-16-14-12-10-8-6-4-2/h17,19,44H,3-16,18,20-43,47H2,1-2H3,(H,50,51)/b19-17-. The molecule has 56 heavy (non-hydrogen) atoms. The lowest BCUT2D eigenvalue weighted by atomic mass is 10.0. The van der Waals surface area contributed by atoms with Gasteiger partial charge in [-0.25, -0.2) is 4.57 Å². The van der Waals surface area contributed by atoms with Crippen LogP contribution in [0.15, 0.2) is 12.2 Å². The van der Waals surface area contributed by atoms with Crippen molar-refractivity contribution >= 4 is 19.8 Å². The summed E-state index contributed by atoms with van der Waals surface area (Å²) >= 11 is 0. The van der Waals surface area contributed by atoms with Gasteiger partial charge in [-0.2, -0.15) is 0 Å². The molecule has 0 heterocycles. The summed E-state index contributed by atoms with van der Waals surface area (Å²) in [7, 11) is -4.37. The van der Waals surface area contributed by atoms with E-state index in [0.29, 0.717) is 6.42 Å². The minimum Gasteiger partial charge on any atom is -0.462 e. The maximum absolute atomic E-state index is 12.6. The fourth-order valence-electron chi connectivity index (χ4n) is 6.87. The predicted molar refractivity (Wildman–Crippen MR) is 234 cm³/mol. The van der Waals surface area contributed by atoms with E-state index in [1.165, 1.54) is 167 Å². The van der Waals surface area contributed by atoms with Crippen molar-refractivity contribution in [3.63, 3.8) is 0 Å². The van der Waals surface area contributed by atoms with Gasteiger partial charge in [-0.3, -0.25) is 18.6 Å². The van der Waals surface area contributed by atoms with Gasteiger partial charge >= 0.3 is 19.8 Å². The SMILES string of the molecule is CCCCCCCC/C=C\CCCCCCCCCCCC(=O)OC(COC(=O)CCCCCCCCCCCCCCCCCC)COP(=O)(O)OCCN. The van der Waals surface area contributed by atoms with Crippen LogP contribution < -0.4 is 5.73 Å². The number of carbonyl (C=O) groups excluding carboxylic acids is 2. The third-order valence-corrected chi connectivity index (χ3v) is 11.4. The fourth-order valence-corrected chi connectivity index (χ4v) is 7.63. The molecule has 0 aromatic heterocycles. The molecular weight excluding hydrogens is 725 g/mol. The van der Waals surface area contributed by atoms with Crippen LogP contribution in [0.1, 0.15) is 239 Å². The number of unbranched alkanes of at least 4 members (excludes halogenated alkanes) is 30. The van der Waals surface area contributed by atoms with Gasteiger partial charge in [-0.05, 0) is 38.5 Å². The monoisotopic (exact) mass is 816 g/mol. The molecule has 332 valence electrons. The third-order valence-electron chi connectivity index (χ3n) is 10.4. The fraction of sp³-hybridized carbons (Fsp3) is 0.913. The molecule has 2 atom stereocenters. The largest absolute Gasteiger partial charge is 0.472 e. The van der Waals surface area contributed by atoms with Gasteiger partial charge in [0.25, 0.3) is 0 Å². The lowest BCUT2D eigenvalue weighted by Gasteiger charge is -2.19. The summed E-state index contributed by atoms with van der Waals surface area (Å²) in [6.07, 6.45) is 45.2. The second kappa shape index (κ2) is 43.3. The zero-order valence-electron chi connectivity index (χ0n) is 36.6. The van der Waals surface area contributed by atoms with Crippen molar-refractivity contribution in [3.8, 4) is 0 Å². The molecule has 0 aromatic rings. The molecule has 0 aliphatic rings. The minimum atomic E-state index is -4.37. The quantitative estimate of drug-likeness (QED) is 0.0266. The normalized spacial score (nSPS) is 13.3. The molecule has 0 bridgehead atoms. The van der Waals surface area contributed by atoms with Crippen LogP contribution >= 0.6 is 7.82 Å². The Labute approximate surface area is 345 Å². The Hall–Kier alpha value is -1.25. The van der Waals surface area contributed by atoms with E-state index < -0.39 is 26.5 Å². The highest BCUT2D eigenvalue weighted by molar-refractivity contribution is 7.47. The smallest absolute Gasteiger partial charge is 0.462 e. The zero-order chi connectivity index (χ0) is 41.1. The lowest BCUT2D eigenvalue weighted by Crippen LogP contribution is -2.29. The predicted octanol–water partition coefficient (Wildman–Crippen LogP) is 13.8. The number of carbonyl (C=O) groups is 2. The van der Waals surface area contributed by atoms with Crippen molar-refractivity contribution < 1.29 is 37.6 Å². The number of esters is 2. The molecule has 0 saturated carbocycles. The molecule has 0 aliphatic heterocycles. The Balaban J connectivity index is 4.07. The Bertz CT molecular complexity index is 933. The number of phosphoric acid groups is 1. The molecule has 2 unspecified atom stereocenters. The van der Waals surface area contributed by atoms with E-state index in [9.17, 15) is 19.0 Å². The number of hydrogen-bond acceptors (Lipinski definition) is 8. The van der Waals surface area contributed by atoms with E-state index in [-0.39, 0.29) is 38.6 Å². The highest BCUT2D eigenvalue weighted by Gasteiger charge is 2.26. The molecule has 9 nitrogen and oxygen atoms in total. The van der Waals surface area contributed by atoms with E-state index >= 15 is 0 Å². The average Bonchev–Trinajstić information content (AvgIpc) is 3.18. The minimum absolute atomic E-state index is 0.0561. The summed E-state index contributed by atoms with van der Waals surface area (Å²) < 4.78 is 32.9. The number of nitrogens with two attached hydrogens (primary N) is 1. The molecule has 3 N–H and O–H groups in total. The van der Waals surface area contributed by atoms with Gasteiger partial charge in [0, 0.05) is 19.4 Å². The Morgan fingerprint density at radius 2 is 0.875 bits per heavy atom. The van der Waals surface area contributed by atoms with E-state index in [1.807, 2.05) is 0 Å². The molecule has 0 rings (SSSR count). The topological polar surface area (TPSA) is 134 Å². The van der Waals surface area contributed by atoms with E-state index in [0.717, 1.165) is 38.5 Å². The van der Waals surface area contributed by atoms with Crippen LogP contribution in [0.3, 0.4) is 0 Å². The first-order valence-electron chi connectivity index (χ1n) is 23.7. The maximum Gasteiger partial charge on any atom is 0.472 e. The molecule has 0 fully saturated rings. The van der Waals surface area contributed by atoms with Gasteiger partial charge < -0.3 is 20.1 Å². The molecule has 0 amide bonds. The highest BCUT2D eigenvalue weighted by Crippen LogP contribution is 2.43. The van der Waals surface area contributed by atoms with Gasteiger partial charge in [0.05, 0.1) is 13.2 Å². The van der Waals surface area contributed by atoms with Crippen molar-refractivity contribution in [1.82, 2.24) is 0 Å². The first-order chi connectivity index (χ1) is 27.3. The summed E-state index contributed by atoms with van der Waals surface area (Å²) in [5.41, 5.74) is 5.36. The summed E-state index contributed by atoms with van der Waals surface area (Å²) in [6, 6.07) is 0. The lowest BCUT2D eigenvalue weighted by molar-refractivity contribution is -0.161. The molecule has 0 aliphatic carbocycles.